The molecule has 20 heavy (non-hydrogen) atoms. The predicted octanol–water partition coefficient (Wildman–Crippen LogP) is 0.936. The largest absolute Gasteiger partial charge is 0.332 e. The van der Waals surface area contributed by atoms with Crippen LogP contribution in [0.5, 0.6) is 0 Å². The Morgan fingerprint density at radius 2 is 1.75 bits per heavy atom. The van der Waals surface area contributed by atoms with Crippen molar-refractivity contribution in [1.29, 1.82) is 0 Å². The minimum atomic E-state index is -0.0161. The first-order chi connectivity index (χ1) is 9.47. The van der Waals surface area contributed by atoms with E-state index in [4.69, 9.17) is 0 Å². The Morgan fingerprint density at radius 1 is 1.15 bits per heavy atom. The minimum absolute atomic E-state index is 0.00102. The molecule has 1 aliphatic rings. The van der Waals surface area contributed by atoms with Crippen molar-refractivity contribution in [2.24, 2.45) is 7.05 Å². The van der Waals surface area contributed by atoms with E-state index in [-0.39, 0.29) is 24.9 Å². The summed E-state index contributed by atoms with van der Waals surface area (Å²) >= 11 is 3.53. The summed E-state index contributed by atoms with van der Waals surface area (Å²) in [4.78, 5) is 27.2. The quantitative estimate of drug-likeness (QED) is 0.818. The predicted molar refractivity (Wildman–Crippen MR) is 78.0 cm³/mol. The molecule has 0 aliphatic carbocycles. The van der Waals surface area contributed by atoms with Gasteiger partial charge in [0.2, 0.25) is 11.8 Å². The summed E-state index contributed by atoms with van der Waals surface area (Å²) in [6, 6.07) is 0. The van der Waals surface area contributed by atoms with Crippen LogP contribution in [0.4, 0.5) is 0 Å². The number of aryl methyl sites for hydroxylation is 2. The van der Waals surface area contributed by atoms with E-state index in [1.807, 2.05) is 20.9 Å². The van der Waals surface area contributed by atoms with Crippen LogP contribution in [-0.2, 0) is 29.6 Å². The number of hydrogen-bond acceptors (Lipinski definition) is 3. The fraction of sp³-hybridized carbons (Fsp3) is 0.615. The zero-order valence-electron chi connectivity index (χ0n) is 12.0. The summed E-state index contributed by atoms with van der Waals surface area (Å²) in [6.45, 7) is 5.22. The van der Waals surface area contributed by atoms with Crippen molar-refractivity contribution in [3.8, 4) is 0 Å². The molecular formula is C13H19BrN4O2. The van der Waals surface area contributed by atoms with Gasteiger partial charge in [-0.3, -0.25) is 14.3 Å². The van der Waals surface area contributed by atoms with Gasteiger partial charge in [-0.05, 0) is 29.3 Å². The summed E-state index contributed by atoms with van der Waals surface area (Å²) < 4.78 is 2.70. The second kappa shape index (κ2) is 5.95. The van der Waals surface area contributed by atoms with Crippen molar-refractivity contribution in [3.05, 3.63) is 15.9 Å². The molecule has 1 aromatic rings. The van der Waals surface area contributed by atoms with E-state index >= 15 is 0 Å². The van der Waals surface area contributed by atoms with Gasteiger partial charge in [0.1, 0.15) is 6.54 Å². The average Bonchev–Trinajstić information content (AvgIpc) is 2.69. The molecule has 1 fully saturated rings. The van der Waals surface area contributed by atoms with Crippen LogP contribution in [0.1, 0.15) is 25.2 Å². The summed E-state index contributed by atoms with van der Waals surface area (Å²) in [5.41, 5.74) is 1.89. The number of hydrogen-bond donors (Lipinski definition) is 0. The van der Waals surface area contributed by atoms with Crippen molar-refractivity contribution in [3.63, 3.8) is 0 Å². The molecule has 2 heterocycles. The maximum absolute atomic E-state index is 12.1. The van der Waals surface area contributed by atoms with E-state index in [0.29, 0.717) is 13.1 Å². The molecule has 0 N–H and O–H groups in total. The van der Waals surface area contributed by atoms with Crippen molar-refractivity contribution in [1.82, 2.24) is 19.6 Å². The average molecular weight is 343 g/mol. The Bertz CT molecular complexity index is 541. The lowest BCUT2D eigenvalue weighted by Gasteiger charge is -2.33. The number of rotatable bonds is 4. The number of carbonyl (C=O) groups excluding carboxylic acids is 2. The van der Waals surface area contributed by atoms with Gasteiger partial charge in [-0.2, -0.15) is 5.10 Å². The molecule has 2 amide bonds. The van der Waals surface area contributed by atoms with Crippen LogP contribution in [0.2, 0.25) is 0 Å². The molecule has 110 valence electrons. The number of halogens is 1. The van der Waals surface area contributed by atoms with E-state index in [0.717, 1.165) is 22.3 Å². The van der Waals surface area contributed by atoms with Gasteiger partial charge in [-0.25, -0.2) is 0 Å². The Kier molecular flexibility index (Phi) is 4.47. The second-order valence-electron chi connectivity index (χ2n) is 4.84. The molecule has 0 aromatic carbocycles. The number of aromatic nitrogens is 2. The zero-order chi connectivity index (χ0) is 14.9. The molecular weight excluding hydrogens is 324 g/mol. The van der Waals surface area contributed by atoms with E-state index in [1.54, 1.807) is 14.5 Å². The van der Waals surface area contributed by atoms with Crippen LogP contribution in [0.15, 0.2) is 4.47 Å². The maximum atomic E-state index is 12.1. The number of carbonyl (C=O) groups is 2. The van der Waals surface area contributed by atoms with Gasteiger partial charge < -0.3 is 9.80 Å². The Hall–Kier alpha value is -1.37. The molecule has 1 aromatic heterocycles. The van der Waals surface area contributed by atoms with Crippen molar-refractivity contribution < 1.29 is 9.59 Å². The standard InChI is InChI=1S/C13H19BrN4O2/c1-4-9-13(14)10(16(3)15-9)6-18-8-11(19)17(5-2)7-12(18)20/h4-8H2,1-3H3. The Balaban J connectivity index is 2.16. The first kappa shape index (κ1) is 15.0. The highest BCUT2D eigenvalue weighted by molar-refractivity contribution is 9.10. The highest BCUT2D eigenvalue weighted by Gasteiger charge is 2.30. The molecule has 0 spiro atoms. The van der Waals surface area contributed by atoms with Gasteiger partial charge in [0, 0.05) is 13.6 Å². The van der Waals surface area contributed by atoms with Crippen LogP contribution in [-0.4, -0.2) is 51.0 Å². The number of piperazine rings is 1. The first-order valence-corrected chi connectivity index (χ1v) is 7.53. The lowest BCUT2D eigenvalue weighted by Crippen LogP contribution is -2.53. The van der Waals surface area contributed by atoms with Gasteiger partial charge in [-0.1, -0.05) is 6.92 Å². The van der Waals surface area contributed by atoms with Gasteiger partial charge in [0.15, 0.2) is 0 Å². The summed E-state index contributed by atoms with van der Waals surface area (Å²) in [5, 5.41) is 4.41. The van der Waals surface area contributed by atoms with Gasteiger partial charge >= 0.3 is 0 Å². The second-order valence-corrected chi connectivity index (χ2v) is 5.64. The molecule has 6 nitrogen and oxygen atoms in total. The number of amides is 2. The molecule has 0 bridgehead atoms. The maximum Gasteiger partial charge on any atom is 0.243 e. The fourth-order valence-electron chi connectivity index (χ4n) is 2.31. The molecule has 0 radical (unpaired) electrons. The third kappa shape index (κ3) is 2.72. The van der Waals surface area contributed by atoms with Crippen LogP contribution >= 0.6 is 15.9 Å². The van der Waals surface area contributed by atoms with Gasteiger partial charge in [0.05, 0.1) is 29.0 Å². The number of likely N-dealkylation sites (N-methyl/N-ethyl adjacent to an activating group) is 1. The Morgan fingerprint density at radius 3 is 2.30 bits per heavy atom. The molecule has 1 saturated heterocycles. The summed E-state index contributed by atoms with van der Waals surface area (Å²) in [6.07, 6.45) is 0.824. The fourth-order valence-corrected chi connectivity index (χ4v) is 3.05. The van der Waals surface area contributed by atoms with Crippen molar-refractivity contribution in [2.75, 3.05) is 19.6 Å². The van der Waals surface area contributed by atoms with E-state index in [2.05, 4.69) is 21.0 Å². The molecule has 0 atom stereocenters. The monoisotopic (exact) mass is 342 g/mol. The molecule has 1 aliphatic heterocycles. The third-order valence-corrected chi connectivity index (χ3v) is 4.50. The minimum Gasteiger partial charge on any atom is -0.332 e. The lowest BCUT2D eigenvalue weighted by atomic mass is 10.2. The smallest absolute Gasteiger partial charge is 0.243 e. The summed E-state index contributed by atoms with van der Waals surface area (Å²) in [5.74, 6) is -0.0151. The lowest BCUT2D eigenvalue weighted by molar-refractivity contribution is -0.150. The molecule has 0 unspecified atom stereocenters. The first-order valence-electron chi connectivity index (χ1n) is 6.73. The van der Waals surface area contributed by atoms with Gasteiger partial charge in [0.25, 0.3) is 0 Å². The molecule has 0 saturated carbocycles. The zero-order valence-corrected chi connectivity index (χ0v) is 13.6. The van der Waals surface area contributed by atoms with Crippen molar-refractivity contribution in [2.45, 2.75) is 26.8 Å². The van der Waals surface area contributed by atoms with E-state index in [9.17, 15) is 9.59 Å². The van der Waals surface area contributed by atoms with E-state index < -0.39 is 0 Å². The highest BCUT2D eigenvalue weighted by Crippen LogP contribution is 2.23. The van der Waals surface area contributed by atoms with Crippen LogP contribution in [0, 0.1) is 0 Å². The van der Waals surface area contributed by atoms with Crippen molar-refractivity contribution >= 4 is 27.7 Å². The van der Waals surface area contributed by atoms with Crippen LogP contribution < -0.4 is 0 Å². The van der Waals surface area contributed by atoms with E-state index in [1.165, 1.54) is 0 Å². The number of nitrogens with zero attached hydrogens (tertiary/aromatic N) is 4. The topological polar surface area (TPSA) is 58.4 Å². The Labute approximate surface area is 126 Å². The third-order valence-electron chi connectivity index (χ3n) is 3.58. The normalized spacial score (nSPS) is 16.2. The highest BCUT2D eigenvalue weighted by atomic mass is 79.9. The van der Waals surface area contributed by atoms with Gasteiger partial charge in [-0.15, -0.1) is 0 Å². The summed E-state index contributed by atoms with van der Waals surface area (Å²) in [7, 11) is 1.86. The molecule has 7 heteroatoms. The molecule has 2 rings (SSSR count). The van der Waals surface area contributed by atoms with Crippen LogP contribution in [0.3, 0.4) is 0 Å². The SMILES string of the molecule is CCc1nn(C)c(CN2CC(=O)N(CC)CC2=O)c1Br. The van der Waals surface area contributed by atoms with Crippen LogP contribution in [0.25, 0.3) is 0 Å².